The van der Waals surface area contributed by atoms with Gasteiger partial charge in [-0.25, -0.2) is 14.2 Å². The van der Waals surface area contributed by atoms with Crippen LogP contribution < -0.4 is 4.74 Å². The monoisotopic (exact) mass is 342 g/mol. The van der Waals surface area contributed by atoms with E-state index in [0.717, 1.165) is 0 Å². The normalized spacial score (nSPS) is 15.0. The largest absolute Gasteiger partial charge is 0.490 e. The predicted octanol–water partition coefficient (Wildman–Crippen LogP) is 3.09. The first-order valence-electron chi connectivity index (χ1n) is 7.09. The summed E-state index contributed by atoms with van der Waals surface area (Å²) in [4.78, 5) is 26.4. The molecule has 2 aromatic rings. The molecule has 0 spiro atoms. The number of cyclic esters (lactones) is 1. The molecule has 2 aromatic carbocycles. The van der Waals surface area contributed by atoms with E-state index in [2.05, 4.69) is 4.99 Å². The summed E-state index contributed by atoms with van der Waals surface area (Å²) in [6, 6.07) is 9.93. The fourth-order valence-electron chi connectivity index (χ4n) is 2.26. The lowest BCUT2D eigenvalue weighted by Gasteiger charge is -2.02. The molecule has 1 aliphatic heterocycles. The summed E-state index contributed by atoms with van der Waals surface area (Å²) >= 11 is 0. The van der Waals surface area contributed by atoms with Gasteiger partial charge in [0, 0.05) is 6.07 Å². The zero-order chi connectivity index (χ0) is 18.0. The Bertz CT molecular complexity index is 936. The summed E-state index contributed by atoms with van der Waals surface area (Å²) in [7, 11) is 1.32. The van der Waals surface area contributed by atoms with Crippen LogP contribution >= 0.6 is 0 Å². The van der Waals surface area contributed by atoms with Crippen LogP contribution in [0.15, 0.2) is 53.2 Å². The fourth-order valence-corrected chi connectivity index (χ4v) is 2.26. The molecule has 7 nitrogen and oxygen atoms in total. The number of halogens is 1. The van der Waals surface area contributed by atoms with Gasteiger partial charge in [0.1, 0.15) is 5.82 Å². The van der Waals surface area contributed by atoms with Crippen LogP contribution in [0.25, 0.3) is 6.08 Å². The molecule has 3 rings (SSSR count). The number of carbonyl (C=O) groups excluding carboxylic acids is 1. The van der Waals surface area contributed by atoms with E-state index in [1.165, 1.54) is 49.6 Å². The first-order chi connectivity index (χ1) is 12.0. The zero-order valence-electron chi connectivity index (χ0n) is 12.9. The third-order valence-corrected chi connectivity index (χ3v) is 3.43. The number of hydrogen-bond acceptors (Lipinski definition) is 6. The molecular weight excluding hydrogens is 331 g/mol. The van der Waals surface area contributed by atoms with Crippen molar-refractivity contribution < 1.29 is 23.6 Å². The molecule has 0 saturated heterocycles. The molecule has 0 fully saturated rings. The average Bonchev–Trinajstić information content (AvgIpc) is 2.95. The number of carbonyl (C=O) groups is 1. The molecule has 0 N–H and O–H groups in total. The Morgan fingerprint density at radius 2 is 2.04 bits per heavy atom. The highest BCUT2D eigenvalue weighted by Crippen LogP contribution is 2.29. The molecule has 0 amide bonds. The number of nitrogens with zero attached hydrogens (tertiary/aromatic N) is 2. The van der Waals surface area contributed by atoms with Crippen LogP contribution in [0.4, 0.5) is 10.1 Å². The molecule has 0 saturated carbocycles. The molecule has 0 unspecified atom stereocenters. The van der Waals surface area contributed by atoms with Gasteiger partial charge < -0.3 is 9.47 Å². The number of methoxy groups -OCH3 is 1. The lowest BCUT2D eigenvalue weighted by molar-refractivity contribution is -0.385. The van der Waals surface area contributed by atoms with Crippen molar-refractivity contribution in [2.75, 3.05) is 7.11 Å². The summed E-state index contributed by atoms with van der Waals surface area (Å²) in [5.41, 5.74) is 0.0807. The number of benzene rings is 2. The Labute approximate surface area is 141 Å². The molecule has 1 aliphatic rings. The van der Waals surface area contributed by atoms with Crippen molar-refractivity contribution in [3.8, 4) is 5.75 Å². The number of nitro benzene ring substituents is 1. The average molecular weight is 342 g/mol. The molecule has 0 aliphatic carbocycles. The van der Waals surface area contributed by atoms with Crippen molar-refractivity contribution in [2.45, 2.75) is 0 Å². The van der Waals surface area contributed by atoms with Crippen LogP contribution in [-0.4, -0.2) is 23.9 Å². The third-order valence-electron chi connectivity index (χ3n) is 3.43. The quantitative estimate of drug-likeness (QED) is 0.368. The number of ether oxygens (including phenoxy) is 2. The summed E-state index contributed by atoms with van der Waals surface area (Å²) in [5, 5.41) is 11.1. The second-order valence-electron chi connectivity index (χ2n) is 5.00. The highest BCUT2D eigenvalue weighted by atomic mass is 19.1. The van der Waals surface area contributed by atoms with Crippen LogP contribution in [0.2, 0.25) is 0 Å². The van der Waals surface area contributed by atoms with E-state index < -0.39 is 16.7 Å². The third kappa shape index (κ3) is 3.23. The molecule has 126 valence electrons. The molecule has 0 atom stereocenters. The van der Waals surface area contributed by atoms with Gasteiger partial charge in [-0.15, -0.1) is 0 Å². The number of esters is 1. The van der Waals surface area contributed by atoms with Gasteiger partial charge in [-0.3, -0.25) is 10.1 Å². The Kier molecular flexibility index (Phi) is 4.25. The molecule has 25 heavy (non-hydrogen) atoms. The Balaban J connectivity index is 1.99. The number of rotatable bonds is 4. The van der Waals surface area contributed by atoms with Crippen LogP contribution in [0.5, 0.6) is 5.75 Å². The minimum atomic E-state index is -0.767. The van der Waals surface area contributed by atoms with Gasteiger partial charge in [0.05, 0.1) is 17.6 Å². The first kappa shape index (κ1) is 16.3. The second kappa shape index (κ2) is 6.52. The van der Waals surface area contributed by atoms with Crippen molar-refractivity contribution in [3.05, 3.63) is 75.2 Å². The number of hydrogen-bond donors (Lipinski definition) is 0. The maximum absolute atomic E-state index is 13.8. The summed E-state index contributed by atoms with van der Waals surface area (Å²) in [6.07, 6.45) is 1.32. The Hall–Kier alpha value is -3.55. The maximum Gasteiger partial charge on any atom is 0.363 e. The van der Waals surface area contributed by atoms with E-state index in [0.29, 0.717) is 5.56 Å². The van der Waals surface area contributed by atoms with Crippen molar-refractivity contribution in [1.82, 2.24) is 0 Å². The summed E-state index contributed by atoms with van der Waals surface area (Å²) < 4.78 is 23.7. The zero-order valence-corrected chi connectivity index (χ0v) is 12.9. The van der Waals surface area contributed by atoms with E-state index in [9.17, 15) is 19.3 Å². The Morgan fingerprint density at radius 1 is 1.28 bits per heavy atom. The van der Waals surface area contributed by atoms with Gasteiger partial charge in [0.15, 0.2) is 11.4 Å². The van der Waals surface area contributed by atoms with E-state index in [-0.39, 0.29) is 28.6 Å². The molecule has 0 bridgehead atoms. The van der Waals surface area contributed by atoms with Crippen molar-refractivity contribution in [2.24, 2.45) is 4.99 Å². The smallest absolute Gasteiger partial charge is 0.363 e. The number of nitro groups is 1. The van der Waals surface area contributed by atoms with Gasteiger partial charge in [0.2, 0.25) is 5.90 Å². The SMILES string of the molecule is COc1ccc(C=C2N=C(c3ccccc3F)OC2=O)cc1[N+](=O)[O-]. The van der Waals surface area contributed by atoms with E-state index in [1.54, 1.807) is 6.07 Å². The highest BCUT2D eigenvalue weighted by Gasteiger charge is 2.26. The predicted molar refractivity (Wildman–Crippen MR) is 86.7 cm³/mol. The summed E-state index contributed by atoms with van der Waals surface area (Å²) in [6.45, 7) is 0. The standard InChI is InChI=1S/C17H11FN2O5/c1-24-15-7-6-10(9-14(15)20(22)23)8-13-17(21)25-16(19-13)11-4-2-3-5-12(11)18/h2-9H,1H3. The first-order valence-corrected chi connectivity index (χ1v) is 7.09. The van der Waals surface area contributed by atoms with Crippen LogP contribution in [0, 0.1) is 15.9 Å². The maximum atomic E-state index is 13.8. The summed E-state index contributed by atoms with van der Waals surface area (Å²) in [5.74, 6) is -1.40. The minimum absolute atomic E-state index is 0.0555. The molecular formula is C17H11FN2O5. The fraction of sp³-hybridized carbons (Fsp3) is 0.0588. The van der Waals surface area contributed by atoms with Gasteiger partial charge in [0.25, 0.3) is 0 Å². The van der Waals surface area contributed by atoms with Gasteiger partial charge in [-0.2, -0.15) is 0 Å². The molecule has 8 heteroatoms. The lowest BCUT2D eigenvalue weighted by atomic mass is 10.1. The van der Waals surface area contributed by atoms with Gasteiger partial charge >= 0.3 is 11.7 Å². The van der Waals surface area contributed by atoms with E-state index in [4.69, 9.17) is 9.47 Å². The van der Waals surface area contributed by atoms with Crippen LogP contribution in [0.1, 0.15) is 11.1 Å². The number of aliphatic imine (C=N–C) groups is 1. The molecule has 0 aromatic heterocycles. The van der Waals surface area contributed by atoms with Gasteiger partial charge in [-0.1, -0.05) is 18.2 Å². The van der Waals surface area contributed by atoms with Crippen LogP contribution in [-0.2, 0) is 9.53 Å². The topological polar surface area (TPSA) is 91.0 Å². The lowest BCUT2D eigenvalue weighted by Crippen LogP contribution is -2.07. The van der Waals surface area contributed by atoms with Crippen LogP contribution in [0.3, 0.4) is 0 Å². The Morgan fingerprint density at radius 3 is 2.72 bits per heavy atom. The highest BCUT2D eigenvalue weighted by molar-refractivity contribution is 6.12. The van der Waals surface area contributed by atoms with Gasteiger partial charge in [-0.05, 0) is 29.8 Å². The van der Waals surface area contributed by atoms with Crippen molar-refractivity contribution >= 4 is 23.6 Å². The van der Waals surface area contributed by atoms with Crippen molar-refractivity contribution in [1.29, 1.82) is 0 Å². The molecule has 1 heterocycles. The van der Waals surface area contributed by atoms with E-state index in [1.807, 2.05) is 0 Å². The van der Waals surface area contributed by atoms with E-state index >= 15 is 0 Å². The van der Waals surface area contributed by atoms with Crippen molar-refractivity contribution in [3.63, 3.8) is 0 Å². The minimum Gasteiger partial charge on any atom is -0.490 e. The molecule has 0 radical (unpaired) electrons. The second-order valence-corrected chi connectivity index (χ2v) is 5.00.